The summed E-state index contributed by atoms with van der Waals surface area (Å²) in [4.78, 5) is 18.2. The maximum absolute atomic E-state index is 11.9. The molecule has 1 aromatic carbocycles. The van der Waals surface area contributed by atoms with Crippen molar-refractivity contribution in [1.29, 1.82) is 0 Å². The van der Waals surface area contributed by atoms with Gasteiger partial charge in [0.2, 0.25) is 5.91 Å². The molecule has 4 heteroatoms. The molecule has 1 aromatic heterocycles. The van der Waals surface area contributed by atoms with Crippen molar-refractivity contribution in [3.63, 3.8) is 0 Å². The van der Waals surface area contributed by atoms with Crippen LogP contribution < -0.4 is 10.2 Å². The summed E-state index contributed by atoms with van der Waals surface area (Å²) in [6.45, 7) is 3.48. The summed E-state index contributed by atoms with van der Waals surface area (Å²) in [5, 5.41) is 3.39. The molecule has 2 aromatic rings. The number of nitrogens with one attached hydrogen (secondary N) is 1. The van der Waals surface area contributed by atoms with Gasteiger partial charge in [0.1, 0.15) is 0 Å². The summed E-state index contributed by atoms with van der Waals surface area (Å²) < 4.78 is 0. The lowest BCUT2D eigenvalue weighted by molar-refractivity contribution is -0.117. The lowest BCUT2D eigenvalue weighted by Crippen LogP contribution is -2.24. The Bertz CT molecular complexity index is 637. The molecule has 1 N–H and O–H groups in total. The van der Waals surface area contributed by atoms with Gasteiger partial charge in [-0.25, -0.2) is 0 Å². The van der Waals surface area contributed by atoms with Crippen LogP contribution in [0.25, 0.3) is 0 Å². The lowest BCUT2D eigenvalue weighted by Gasteiger charge is -2.20. The van der Waals surface area contributed by atoms with Crippen LogP contribution in [-0.4, -0.2) is 17.4 Å². The first-order valence-corrected chi connectivity index (χ1v) is 7.29. The molecule has 4 nitrogen and oxygen atoms in total. The molecular weight excluding hydrogens is 262 g/mol. The highest BCUT2D eigenvalue weighted by Gasteiger charge is 2.23. The predicted molar refractivity (Wildman–Crippen MR) is 84.3 cm³/mol. The minimum absolute atomic E-state index is 0.206. The number of anilines is 2. The molecule has 1 aliphatic heterocycles. The van der Waals surface area contributed by atoms with Gasteiger partial charge in [0.15, 0.2) is 0 Å². The van der Waals surface area contributed by atoms with Crippen LogP contribution in [0.5, 0.6) is 0 Å². The van der Waals surface area contributed by atoms with Crippen molar-refractivity contribution >= 4 is 17.3 Å². The van der Waals surface area contributed by atoms with Crippen LogP contribution in [0.1, 0.15) is 24.1 Å². The lowest BCUT2D eigenvalue weighted by atomic mass is 10.2. The fraction of sp³-hybridized carbons (Fsp3) is 0.294. The Balaban J connectivity index is 1.76. The van der Waals surface area contributed by atoms with Crippen molar-refractivity contribution in [2.75, 3.05) is 16.8 Å². The van der Waals surface area contributed by atoms with Gasteiger partial charge in [-0.15, -0.1) is 0 Å². The molecule has 1 aliphatic rings. The molecule has 0 atom stereocenters. The van der Waals surface area contributed by atoms with E-state index >= 15 is 0 Å². The van der Waals surface area contributed by atoms with E-state index in [1.807, 2.05) is 48.4 Å². The average Bonchev–Trinajstić information content (AvgIpc) is 2.93. The van der Waals surface area contributed by atoms with Crippen molar-refractivity contribution in [3.05, 3.63) is 53.9 Å². The van der Waals surface area contributed by atoms with Crippen LogP contribution in [0.2, 0.25) is 0 Å². The number of aryl methyl sites for hydroxylation is 1. The van der Waals surface area contributed by atoms with E-state index in [0.717, 1.165) is 35.6 Å². The van der Waals surface area contributed by atoms with Crippen molar-refractivity contribution in [2.45, 2.75) is 26.3 Å². The fourth-order valence-corrected chi connectivity index (χ4v) is 2.55. The Morgan fingerprint density at radius 1 is 1.24 bits per heavy atom. The molecule has 2 heterocycles. The molecule has 0 bridgehead atoms. The van der Waals surface area contributed by atoms with E-state index in [1.54, 1.807) is 0 Å². The maximum atomic E-state index is 11.9. The van der Waals surface area contributed by atoms with Crippen molar-refractivity contribution in [3.8, 4) is 0 Å². The Morgan fingerprint density at radius 2 is 2.10 bits per heavy atom. The van der Waals surface area contributed by atoms with Gasteiger partial charge in [-0.3, -0.25) is 9.78 Å². The first-order chi connectivity index (χ1) is 10.2. The average molecular weight is 281 g/mol. The zero-order valence-corrected chi connectivity index (χ0v) is 12.2. The number of pyridine rings is 1. The molecule has 1 saturated heterocycles. The second-order valence-corrected chi connectivity index (χ2v) is 5.35. The number of amides is 1. The van der Waals surface area contributed by atoms with Gasteiger partial charge in [-0.1, -0.05) is 18.2 Å². The number of para-hydroxylation sites is 2. The fourth-order valence-electron chi connectivity index (χ4n) is 2.55. The van der Waals surface area contributed by atoms with Crippen LogP contribution in [-0.2, 0) is 11.3 Å². The van der Waals surface area contributed by atoms with E-state index < -0.39 is 0 Å². The van der Waals surface area contributed by atoms with Gasteiger partial charge in [0.25, 0.3) is 0 Å². The van der Waals surface area contributed by atoms with Crippen LogP contribution in [0, 0.1) is 6.92 Å². The number of aromatic nitrogens is 1. The van der Waals surface area contributed by atoms with E-state index in [2.05, 4.69) is 16.4 Å². The molecular formula is C17H19N3O. The van der Waals surface area contributed by atoms with Crippen LogP contribution in [0.15, 0.2) is 42.6 Å². The summed E-state index contributed by atoms with van der Waals surface area (Å²) in [6.07, 6.45) is 3.45. The normalized spacial score (nSPS) is 14.5. The molecule has 1 fully saturated rings. The minimum Gasteiger partial charge on any atom is -0.378 e. The molecule has 108 valence electrons. The zero-order valence-electron chi connectivity index (χ0n) is 12.2. The van der Waals surface area contributed by atoms with Gasteiger partial charge in [0, 0.05) is 19.2 Å². The van der Waals surface area contributed by atoms with Gasteiger partial charge >= 0.3 is 0 Å². The van der Waals surface area contributed by atoms with E-state index in [9.17, 15) is 4.79 Å². The second-order valence-electron chi connectivity index (χ2n) is 5.35. The predicted octanol–water partition coefficient (Wildman–Crippen LogP) is 3.13. The largest absolute Gasteiger partial charge is 0.378 e. The molecule has 0 aliphatic carbocycles. The summed E-state index contributed by atoms with van der Waals surface area (Å²) in [5.41, 5.74) is 4.09. The van der Waals surface area contributed by atoms with Gasteiger partial charge in [0.05, 0.1) is 23.6 Å². The quantitative estimate of drug-likeness (QED) is 0.936. The van der Waals surface area contributed by atoms with Crippen LogP contribution in [0.3, 0.4) is 0 Å². The Hall–Kier alpha value is -2.36. The van der Waals surface area contributed by atoms with Gasteiger partial charge in [-0.05, 0) is 37.1 Å². The van der Waals surface area contributed by atoms with E-state index in [4.69, 9.17) is 0 Å². The number of nitrogens with zero attached hydrogens (tertiary/aromatic N) is 2. The number of rotatable bonds is 4. The van der Waals surface area contributed by atoms with E-state index in [0.29, 0.717) is 13.0 Å². The van der Waals surface area contributed by atoms with Crippen molar-refractivity contribution < 1.29 is 4.79 Å². The first kappa shape index (κ1) is 13.6. The highest BCUT2D eigenvalue weighted by molar-refractivity contribution is 5.98. The topological polar surface area (TPSA) is 45.2 Å². The van der Waals surface area contributed by atoms with Crippen LogP contribution >= 0.6 is 0 Å². The van der Waals surface area contributed by atoms with E-state index in [1.165, 1.54) is 0 Å². The molecule has 3 rings (SSSR count). The summed E-state index contributed by atoms with van der Waals surface area (Å²) in [7, 11) is 0. The van der Waals surface area contributed by atoms with Crippen molar-refractivity contribution in [1.82, 2.24) is 4.98 Å². The Kier molecular flexibility index (Phi) is 3.86. The third kappa shape index (κ3) is 3.05. The number of hydrogen-bond acceptors (Lipinski definition) is 3. The smallest absolute Gasteiger partial charge is 0.227 e. The minimum atomic E-state index is 0.206. The highest BCUT2D eigenvalue weighted by atomic mass is 16.2. The van der Waals surface area contributed by atoms with E-state index in [-0.39, 0.29) is 5.91 Å². The molecule has 0 spiro atoms. The summed E-state index contributed by atoms with van der Waals surface area (Å²) >= 11 is 0. The molecule has 1 amide bonds. The van der Waals surface area contributed by atoms with Crippen molar-refractivity contribution in [2.24, 2.45) is 0 Å². The third-order valence-corrected chi connectivity index (χ3v) is 3.70. The monoisotopic (exact) mass is 281 g/mol. The van der Waals surface area contributed by atoms with Gasteiger partial charge < -0.3 is 10.2 Å². The molecule has 0 unspecified atom stereocenters. The number of carbonyl (C=O) groups excluding carboxylic acids is 1. The number of carbonyl (C=O) groups is 1. The second kappa shape index (κ2) is 5.95. The SMILES string of the molecule is Cc1ccc(CNc2ccccc2N2CCCC2=O)nc1. The number of benzene rings is 1. The van der Waals surface area contributed by atoms with Crippen LogP contribution in [0.4, 0.5) is 11.4 Å². The first-order valence-electron chi connectivity index (χ1n) is 7.29. The summed E-state index contributed by atoms with van der Waals surface area (Å²) in [6, 6.07) is 12.0. The molecule has 0 radical (unpaired) electrons. The molecule has 21 heavy (non-hydrogen) atoms. The third-order valence-electron chi connectivity index (χ3n) is 3.70. The summed E-state index contributed by atoms with van der Waals surface area (Å²) in [5.74, 6) is 0.206. The van der Waals surface area contributed by atoms with Gasteiger partial charge in [-0.2, -0.15) is 0 Å². The number of hydrogen-bond donors (Lipinski definition) is 1. The highest BCUT2D eigenvalue weighted by Crippen LogP contribution is 2.29. The Labute approximate surface area is 124 Å². The maximum Gasteiger partial charge on any atom is 0.227 e. The molecule has 0 saturated carbocycles. The zero-order chi connectivity index (χ0) is 14.7. The Morgan fingerprint density at radius 3 is 2.81 bits per heavy atom. The standard InChI is InChI=1S/C17H19N3O/c1-13-8-9-14(18-11-13)12-19-15-5-2-3-6-16(15)20-10-4-7-17(20)21/h2-3,5-6,8-9,11,19H,4,7,10,12H2,1H3.